The highest BCUT2D eigenvalue weighted by Crippen LogP contribution is 2.31. The van der Waals surface area contributed by atoms with E-state index in [1.807, 2.05) is 4.90 Å². The van der Waals surface area contributed by atoms with Crippen molar-refractivity contribution in [1.29, 1.82) is 0 Å². The van der Waals surface area contributed by atoms with Crippen LogP contribution < -0.4 is 10.5 Å². The second kappa shape index (κ2) is 8.43. The van der Waals surface area contributed by atoms with Crippen LogP contribution in [-0.4, -0.2) is 36.5 Å². The molecule has 0 radical (unpaired) electrons. The summed E-state index contributed by atoms with van der Waals surface area (Å²) >= 11 is 12.0. The lowest BCUT2D eigenvalue weighted by molar-refractivity contribution is -0.135. The number of carbonyl (C=O) groups excluding carboxylic acids is 1. The zero-order chi connectivity index (χ0) is 16.3. The Kier molecular flexibility index (Phi) is 7.46. The first kappa shape index (κ1) is 20.4. The summed E-state index contributed by atoms with van der Waals surface area (Å²) in [7, 11) is 0. The summed E-state index contributed by atoms with van der Waals surface area (Å²) in [6, 6.07) is 5.33. The fourth-order valence-electron chi connectivity index (χ4n) is 2.59. The Hall–Kier alpha value is -0.680. The van der Waals surface area contributed by atoms with Gasteiger partial charge in [0.1, 0.15) is 10.8 Å². The molecule has 7 heteroatoms. The molecule has 1 aliphatic heterocycles. The second-order valence-corrected chi connectivity index (χ2v) is 7.13. The first-order chi connectivity index (χ1) is 10.3. The number of amides is 1. The summed E-state index contributed by atoms with van der Waals surface area (Å²) in [5.74, 6) is 0.584. The van der Waals surface area contributed by atoms with Crippen molar-refractivity contribution in [3.8, 4) is 5.75 Å². The van der Waals surface area contributed by atoms with Crippen LogP contribution in [0.25, 0.3) is 0 Å². The van der Waals surface area contributed by atoms with Crippen LogP contribution >= 0.6 is 35.6 Å². The lowest BCUT2D eigenvalue weighted by Gasteiger charge is -2.42. The number of hydrogen-bond acceptors (Lipinski definition) is 3. The van der Waals surface area contributed by atoms with Crippen LogP contribution in [0.2, 0.25) is 10.0 Å². The van der Waals surface area contributed by atoms with Crippen LogP contribution in [0.5, 0.6) is 5.75 Å². The molecule has 0 spiro atoms. The van der Waals surface area contributed by atoms with Crippen LogP contribution in [0, 0.1) is 5.41 Å². The highest BCUT2D eigenvalue weighted by molar-refractivity contribution is 6.42. The number of carbonyl (C=O) groups is 1. The number of benzene rings is 1. The van der Waals surface area contributed by atoms with Crippen molar-refractivity contribution in [3.05, 3.63) is 28.2 Å². The van der Waals surface area contributed by atoms with Gasteiger partial charge in [0.15, 0.2) is 0 Å². The molecule has 1 aliphatic rings. The minimum atomic E-state index is -0.0506. The Morgan fingerprint density at radius 1 is 1.43 bits per heavy atom. The summed E-state index contributed by atoms with van der Waals surface area (Å²) in [6.45, 7) is 5.87. The first-order valence-corrected chi connectivity index (χ1v) is 8.17. The zero-order valence-electron chi connectivity index (χ0n) is 13.4. The van der Waals surface area contributed by atoms with Crippen LogP contribution in [0.3, 0.4) is 0 Å². The molecule has 4 nitrogen and oxygen atoms in total. The fourth-order valence-corrected chi connectivity index (χ4v) is 2.94. The van der Waals surface area contributed by atoms with Gasteiger partial charge >= 0.3 is 0 Å². The predicted octanol–water partition coefficient (Wildman–Crippen LogP) is 3.77. The molecule has 0 bridgehead atoms. The van der Waals surface area contributed by atoms with Gasteiger partial charge in [-0.1, -0.05) is 43.1 Å². The lowest BCUT2D eigenvalue weighted by atomic mass is 9.79. The molecule has 1 atom stereocenters. The smallest absolute Gasteiger partial charge is 0.226 e. The van der Waals surface area contributed by atoms with Crippen molar-refractivity contribution in [2.45, 2.75) is 32.7 Å². The summed E-state index contributed by atoms with van der Waals surface area (Å²) in [4.78, 5) is 14.1. The van der Waals surface area contributed by atoms with Crippen LogP contribution in [0.1, 0.15) is 26.7 Å². The normalized spacial score (nSPS) is 19.9. The van der Waals surface area contributed by atoms with E-state index in [2.05, 4.69) is 13.8 Å². The van der Waals surface area contributed by atoms with Gasteiger partial charge in [0.05, 0.1) is 18.1 Å². The summed E-state index contributed by atoms with van der Waals surface area (Å²) in [5.41, 5.74) is 6.04. The standard InChI is InChI=1S/C16H22Cl2N2O2.ClH/c1-16(2)10-20(8-6-13(16)19)14(21)7-9-22-12-5-3-4-11(17)15(12)18;/h3-5,13H,6-10,19H2,1-2H3;1H. The van der Waals surface area contributed by atoms with Crippen molar-refractivity contribution in [3.63, 3.8) is 0 Å². The van der Waals surface area contributed by atoms with Gasteiger partial charge in [-0.3, -0.25) is 4.79 Å². The molecule has 1 heterocycles. The number of piperidine rings is 1. The molecule has 1 unspecified atom stereocenters. The highest BCUT2D eigenvalue weighted by atomic mass is 35.5. The van der Waals surface area contributed by atoms with Crippen molar-refractivity contribution >= 4 is 41.5 Å². The molecule has 130 valence electrons. The number of ether oxygens (including phenoxy) is 1. The Bertz CT molecular complexity index is 552. The maximum atomic E-state index is 12.3. The Labute approximate surface area is 153 Å². The molecule has 1 amide bonds. The molecule has 2 N–H and O–H groups in total. The van der Waals surface area contributed by atoms with Gasteiger partial charge in [0, 0.05) is 19.1 Å². The number of rotatable bonds is 4. The topological polar surface area (TPSA) is 55.6 Å². The van der Waals surface area contributed by atoms with Crippen LogP contribution in [-0.2, 0) is 4.79 Å². The SMILES string of the molecule is CC1(C)CN(C(=O)CCOc2cccc(Cl)c2Cl)CCC1N.Cl. The molecule has 1 saturated heterocycles. The summed E-state index contributed by atoms with van der Waals surface area (Å²) in [6.07, 6.45) is 1.15. The van der Waals surface area contributed by atoms with Gasteiger partial charge in [-0.15, -0.1) is 12.4 Å². The van der Waals surface area contributed by atoms with E-state index < -0.39 is 0 Å². The minimum absolute atomic E-state index is 0. The van der Waals surface area contributed by atoms with E-state index in [4.69, 9.17) is 33.7 Å². The van der Waals surface area contributed by atoms with E-state index in [1.165, 1.54) is 0 Å². The van der Waals surface area contributed by atoms with Crippen molar-refractivity contribution < 1.29 is 9.53 Å². The van der Waals surface area contributed by atoms with Crippen molar-refractivity contribution in [2.24, 2.45) is 11.1 Å². The van der Waals surface area contributed by atoms with E-state index in [9.17, 15) is 4.79 Å². The van der Waals surface area contributed by atoms with Gasteiger partial charge < -0.3 is 15.4 Å². The van der Waals surface area contributed by atoms with Crippen LogP contribution in [0.4, 0.5) is 0 Å². The van der Waals surface area contributed by atoms with E-state index in [0.29, 0.717) is 35.3 Å². The number of nitrogens with two attached hydrogens (primary N) is 1. The van der Waals surface area contributed by atoms with Gasteiger partial charge in [-0.25, -0.2) is 0 Å². The molecule has 0 saturated carbocycles. The summed E-state index contributed by atoms with van der Waals surface area (Å²) < 4.78 is 5.56. The number of hydrogen-bond donors (Lipinski definition) is 1. The predicted molar refractivity (Wildman–Crippen MR) is 96.8 cm³/mol. The van der Waals surface area contributed by atoms with E-state index >= 15 is 0 Å². The third-order valence-corrected chi connectivity index (χ3v) is 4.96. The molecule has 0 aliphatic carbocycles. The maximum Gasteiger partial charge on any atom is 0.226 e. The molecule has 1 fully saturated rings. The molecule has 1 aromatic carbocycles. The van der Waals surface area contributed by atoms with Gasteiger partial charge in [-0.2, -0.15) is 0 Å². The van der Waals surface area contributed by atoms with E-state index in [-0.39, 0.29) is 36.4 Å². The van der Waals surface area contributed by atoms with Crippen LogP contribution in [0.15, 0.2) is 18.2 Å². The molecule has 23 heavy (non-hydrogen) atoms. The van der Waals surface area contributed by atoms with Crippen molar-refractivity contribution in [2.75, 3.05) is 19.7 Å². The zero-order valence-corrected chi connectivity index (χ0v) is 15.7. The molecule has 2 rings (SSSR count). The lowest BCUT2D eigenvalue weighted by Crippen LogP contribution is -2.54. The monoisotopic (exact) mass is 380 g/mol. The second-order valence-electron chi connectivity index (χ2n) is 6.35. The van der Waals surface area contributed by atoms with E-state index in [0.717, 1.165) is 6.42 Å². The number of likely N-dealkylation sites (tertiary alicyclic amines) is 1. The molecule has 0 aromatic heterocycles. The van der Waals surface area contributed by atoms with Crippen molar-refractivity contribution in [1.82, 2.24) is 4.90 Å². The third kappa shape index (κ3) is 5.15. The summed E-state index contributed by atoms with van der Waals surface area (Å²) in [5, 5.41) is 0.818. The maximum absolute atomic E-state index is 12.3. The fraction of sp³-hybridized carbons (Fsp3) is 0.562. The van der Waals surface area contributed by atoms with E-state index in [1.54, 1.807) is 18.2 Å². The Balaban J connectivity index is 0.00000264. The largest absolute Gasteiger partial charge is 0.491 e. The Morgan fingerprint density at radius 2 is 2.13 bits per heavy atom. The molecule has 1 aromatic rings. The number of nitrogens with zero attached hydrogens (tertiary/aromatic N) is 1. The average Bonchev–Trinajstić information content (AvgIpc) is 2.46. The van der Waals surface area contributed by atoms with Gasteiger partial charge in [-0.05, 0) is 24.0 Å². The first-order valence-electron chi connectivity index (χ1n) is 7.41. The Morgan fingerprint density at radius 3 is 2.78 bits per heavy atom. The third-order valence-electron chi connectivity index (χ3n) is 4.15. The minimum Gasteiger partial charge on any atom is -0.491 e. The molecular formula is C16H23Cl3N2O2. The van der Waals surface area contributed by atoms with Gasteiger partial charge in [0.2, 0.25) is 5.91 Å². The highest BCUT2D eigenvalue weighted by Gasteiger charge is 2.35. The quantitative estimate of drug-likeness (QED) is 0.863. The number of halogens is 3. The van der Waals surface area contributed by atoms with Gasteiger partial charge in [0.25, 0.3) is 0 Å². The average molecular weight is 382 g/mol. The molecular weight excluding hydrogens is 359 g/mol.